The largest absolute Gasteiger partial charge is 0.356 e. The number of piperidine rings is 1. The first-order chi connectivity index (χ1) is 14.6. The molecule has 0 unspecified atom stereocenters. The molecule has 0 spiro atoms. The van der Waals surface area contributed by atoms with E-state index < -0.39 is 0 Å². The molecule has 2 aromatic carbocycles. The molecular weight excluding hydrogens is 368 g/mol. The van der Waals surface area contributed by atoms with Gasteiger partial charge in [-0.15, -0.1) is 0 Å². The summed E-state index contributed by atoms with van der Waals surface area (Å²) in [6, 6.07) is 23.3. The molecule has 4 aromatic rings. The Morgan fingerprint density at radius 2 is 1.47 bits per heavy atom. The number of benzene rings is 2. The van der Waals surface area contributed by atoms with Crippen molar-refractivity contribution in [2.75, 3.05) is 18.0 Å². The lowest BCUT2D eigenvalue weighted by Crippen LogP contribution is -2.39. The third-order valence-electron chi connectivity index (χ3n) is 6.02. The van der Waals surface area contributed by atoms with Gasteiger partial charge in [-0.05, 0) is 25.2 Å². The molecule has 1 saturated heterocycles. The van der Waals surface area contributed by atoms with E-state index in [1.807, 2.05) is 10.6 Å². The average Bonchev–Trinajstić information content (AvgIpc) is 3.17. The summed E-state index contributed by atoms with van der Waals surface area (Å²) in [4.78, 5) is 7.47. The third kappa shape index (κ3) is 3.58. The van der Waals surface area contributed by atoms with Crippen molar-refractivity contribution in [1.29, 1.82) is 0 Å². The zero-order valence-corrected chi connectivity index (χ0v) is 17.9. The fourth-order valence-electron chi connectivity index (χ4n) is 4.66. The minimum atomic E-state index is 0.671. The predicted octanol–water partition coefficient (Wildman–Crippen LogP) is 5.85. The normalized spacial score (nSPS) is 19.4. The Labute approximate surface area is 178 Å². The summed E-state index contributed by atoms with van der Waals surface area (Å²) in [6.45, 7) is 8.91. The van der Waals surface area contributed by atoms with E-state index in [1.54, 1.807) is 0 Å². The smallest absolute Gasteiger partial charge is 0.158 e. The number of hydrogen-bond donors (Lipinski definition) is 0. The fourth-order valence-corrected chi connectivity index (χ4v) is 4.66. The molecule has 0 saturated carbocycles. The van der Waals surface area contributed by atoms with Gasteiger partial charge in [0.05, 0.1) is 11.4 Å². The summed E-state index contributed by atoms with van der Waals surface area (Å²) in [5.74, 6) is 2.48. The first-order valence-electron chi connectivity index (χ1n) is 10.8. The first-order valence-corrected chi connectivity index (χ1v) is 10.8. The van der Waals surface area contributed by atoms with Gasteiger partial charge in [-0.1, -0.05) is 74.0 Å². The van der Waals surface area contributed by atoms with Crippen LogP contribution in [0.25, 0.3) is 28.2 Å². The molecule has 4 heteroatoms. The number of aromatic nitrogens is 3. The Balaban J connectivity index is 1.67. The maximum Gasteiger partial charge on any atom is 0.158 e. The predicted molar refractivity (Wildman–Crippen MR) is 124 cm³/mol. The molecule has 3 heterocycles. The second-order valence-corrected chi connectivity index (χ2v) is 8.88. The molecule has 152 valence electrons. The van der Waals surface area contributed by atoms with Crippen molar-refractivity contribution < 1.29 is 0 Å². The van der Waals surface area contributed by atoms with Crippen molar-refractivity contribution in [2.24, 2.45) is 11.8 Å². The zero-order chi connectivity index (χ0) is 20.7. The molecule has 0 N–H and O–H groups in total. The van der Waals surface area contributed by atoms with Gasteiger partial charge in [0.1, 0.15) is 5.82 Å². The topological polar surface area (TPSA) is 33.4 Å². The summed E-state index contributed by atoms with van der Waals surface area (Å²) in [6.07, 6.45) is 1.28. The number of anilines is 1. The quantitative estimate of drug-likeness (QED) is 0.435. The molecule has 30 heavy (non-hydrogen) atoms. The van der Waals surface area contributed by atoms with Crippen LogP contribution in [0.4, 0.5) is 5.82 Å². The maximum atomic E-state index is 4.99. The van der Waals surface area contributed by atoms with E-state index in [9.17, 15) is 0 Å². The van der Waals surface area contributed by atoms with Crippen molar-refractivity contribution in [3.63, 3.8) is 0 Å². The van der Waals surface area contributed by atoms with Crippen LogP contribution in [0.15, 0.2) is 66.7 Å². The molecule has 0 bridgehead atoms. The summed E-state index contributed by atoms with van der Waals surface area (Å²) >= 11 is 0. The summed E-state index contributed by atoms with van der Waals surface area (Å²) in [5, 5.41) is 4.99. The minimum Gasteiger partial charge on any atom is -0.356 e. The minimum absolute atomic E-state index is 0.671. The van der Waals surface area contributed by atoms with E-state index in [0.29, 0.717) is 11.8 Å². The Morgan fingerprint density at radius 3 is 2.17 bits per heavy atom. The fraction of sp³-hybridized carbons (Fsp3) is 0.308. The van der Waals surface area contributed by atoms with Gasteiger partial charge in [-0.25, -0.2) is 4.98 Å². The van der Waals surface area contributed by atoms with Crippen LogP contribution in [-0.4, -0.2) is 27.7 Å². The van der Waals surface area contributed by atoms with Crippen molar-refractivity contribution >= 4 is 11.5 Å². The van der Waals surface area contributed by atoms with Gasteiger partial charge in [0.2, 0.25) is 0 Å². The van der Waals surface area contributed by atoms with Crippen molar-refractivity contribution in [1.82, 2.24) is 14.6 Å². The Hall–Kier alpha value is -3.14. The average molecular weight is 397 g/mol. The Bertz CT molecular complexity index is 1150. The van der Waals surface area contributed by atoms with Crippen molar-refractivity contribution in [2.45, 2.75) is 27.2 Å². The highest BCUT2D eigenvalue weighted by molar-refractivity contribution is 5.71. The zero-order valence-electron chi connectivity index (χ0n) is 17.9. The molecule has 0 aliphatic carbocycles. The maximum absolute atomic E-state index is 4.99. The molecule has 1 aliphatic rings. The number of hydrogen-bond acceptors (Lipinski definition) is 3. The van der Waals surface area contributed by atoms with Crippen LogP contribution < -0.4 is 4.90 Å². The third-order valence-corrected chi connectivity index (χ3v) is 6.02. The van der Waals surface area contributed by atoms with Crippen LogP contribution in [0.5, 0.6) is 0 Å². The molecule has 0 amide bonds. The van der Waals surface area contributed by atoms with Crippen LogP contribution in [0.2, 0.25) is 0 Å². The molecule has 5 rings (SSSR count). The van der Waals surface area contributed by atoms with Crippen molar-refractivity contribution in [3.05, 3.63) is 72.3 Å². The van der Waals surface area contributed by atoms with Gasteiger partial charge in [0, 0.05) is 36.3 Å². The number of nitrogens with zero attached hydrogens (tertiary/aromatic N) is 4. The molecule has 1 fully saturated rings. The second kappa shape index (κ2) is 7.60. The van der Waals surface area contributed by atoms with Crippen LogP contribution in [-0.2, 0) is 0 Å². The molecular formula is C26H28N4. The van der Waals surface area contributed by atoms with Gasteiger partial charge >= 0.3 is 0 Å². The molecule has 2 atom stereocenters. The number of fused-ring (bicyclic) bond motifs is 1. The highest BCUT2D eigenvalue weighted by Crippen LogP contribution is 2.31. The second-order valence-electron chi connectivity index (χ2n) is 8.88. The van der Waals surface area contributed by atoms with Crippen molar-refractivity contribution in [3.8, 4) is 22.5 Å². The summed E-state index contributed by atoms with van der Waals surface area (Å²) in [7, 11) is 0. The Kier molecular flexibility index (Phi) is 4.78. The lowest BCUT2D eigenvalue weighted by molar-refractivity contribution is 0.354. The van der Waals surface area contributed by atoms with Gasteiger partial charge in [-0.3, -0.25) is 0 Å². The van der Waals surface area contributed by atoms with E-state index >= 15 is 0 Å². The summed E-state index contributed by atoms with van der Waals surface area (Å²) in [5.41, 5.74) is 6.37. The lowest BCUT2D eigenvalue weighted by Gasteiger charge is -2.36. The van der Waals surface area contributed by atoms with Crippen LogP contribution >= 0.6 is 0 Å². The standard InChI is InChI=1S/C26H28N4/c1-18-9-11-22(12-10-18)24-14-25-27-23(21-7-5-4-6-8-21)15-26(30(25)28-24)29-16-19(2)13-20(3)17-29/h4-12,14-15,19-20H,13,16-17H2,1-3H3/t19-,20+. The van der Waals surface area contributed by atoms with Gasteiger partial charge in [0.25, 0.3) is 0 Å². The van der Waals surface area contributed by atoms with Crippen LogP contribution in [0, 0.1) is 18.8 Å². The molecule has 0 radical (unpaired) electrons. The summed E-state index contributed by atoms with van der Waals surface area (Å²) < 4.78 is 2.03. The lowest BCUT2D eigenvalue weighted by atomic mass is 9.92. The molecule has 2 aromatic heterocycles. The monoisotopic (exact) mass is 396 g/mol. The molecule has 1 aliphatic heterocycles. The molecule has 4 nitrogen and oxygen atoms in total. The Morgan fingerprint density at radius 1 is 0.800 bits per heavy atom. The van der Waals surface area contributed by atoms with Gasteiger partial charge < -0.3 is 4.90 Å². The van der Waals surface area contributed by atoms with Gasteiger partial charge in [0.15, 0.2) is 5.65 Å². The van der Waals surface area contributed by atoms with Crippen LogP contribution in [0.1, 0.15) is 25.8 Å². The van der Waals surface area contributed by atoms with E-state index in [1.165, 1.54) is 12.0 Å². The van der Waals surface area contributed by atoms with Crippen LogP contribution in [0.3, 0.4) is 0 Å². The SMILES string of the molecule is Cc1ccc(-c2cc3nc(-c4ccccc4)cc(N4C[C@H](C)C[C@H](C)C4)n3n2)cc1. The van der Waals surface area contributed by atoms with E-state index in [4.69, 9.17) is 10.1 Å². The number of aryl methyl sites for hydroxylation is 1. The van der Waals surface area contributed by atoms with E-state index in [-0.39, 0.29) is 0 Å². The number of rotatable bonds is 3. The highest BCUT2D eigenvalue weighted by atomic mass is 15.4. The highest BCUT2D eigenvalue weighted by Gasteiger charge is 2.25. The van der Waals surface area contributed by atoms with E-state index in [2.05, 4.69) is 86.3 Å². The van der Waals surface area contributed by atoms with E-state index in [0.717, 1.165) is 47.1 Å². The first kappa shape index (κ1) is 18.9. The van der Waals surface area contributed by atoms with Gasteiger partial charge in [-0.2, -0.15) is 9.61 Å².